The van der Waals surface area contributed by atoms with Gasteiger partial charge in [-0.1, -0.05) is 6.07 Å². The molecule has 14 heavy (non-hydrogen) atoms. The topological polar surface area (TPSA) is 61.6 Å². The molecule has 1 aromatic heterocycles. The van der Waals surface area contributed by atoms with Gasteiger partial charge in [0.05, 0.1) is 17.1 Å². The van der Waals surface area contributed by atoms with E-state index in [2.05, 4.69) is 4.98 Å². The minimum atomic E-state index is -0.229. The molecule has 4 nitrogen and oxygen atoms in total. The quantitative estimate of drug-likeness (QED) is 0.728. The Bertz CT molecular complexity index is 571. The normalized spacial score (nSPS) is 10.3. The number of nitriles is 1. The molecule has 0 fully saturated rings. The predicted molar refractivity (Wildman–Crippen MR) is 52.9 cm³/mol. The zero-order valence-electron chi connectivity index (χ0n) is 7.74. The summed E-state index contributed by atoms with van der Waals surface area (Å²) in [5, 5.41) is 8.57. The lowest BCUT2D eigenvalue weighted by Gasteiger charge is -1.96. The average molecular weight is 187 g/mol. The highest BCUT2D eigenvalue weighted by Crippen LogP contribution is 2.11. The number of benzene rings is 1. The second-order valence-corrected chi connectivity index (χ2v) is 3.20. The molecule has 1 aromatic carbocycles. The van der Waals surface area contributed by atoms with E-state index in [-0.39, 0.29) is 12.2 Å². The van der Waals surface area contributed by atoms with Crippen molar-refractivity contribution in [2.45, 2.75) is 13.5 Å². The van der Waals surface area contributed by atoms with Crippen LogP contribution in [0.2, 0.25) is 0 Å². The molecular weight excluding hydrogens is 178 g/mol. The van der Waals surface area contributed by atoms with Crippen LogP contribution < -0.4 is 5.69 Å². The fraction of sp³-hybridized carbons (Fsp3) is 0.200. The zero-order valence-corrected chi connectivity index (χ0v) is 7.74. The molecule has 0 saturated carbocycles. The molecule has 0 aliphatic heterocycles. The summed E-state index contributed by atoms with van der Waals surface area (Å²) >= 11 is 0. The van der Waals surface area contributed by atoms with E-state index < -0.39 is 0 Å². The molecule has 4 heteroatoms. The predicted octanol–water partition coefficient (Wildman–Crippen LogP) is 1.16. The maximum atomic E-state index is 11.4. The van der Waals surface area contributed by atoms with Gasteiger partial charge in [-0.2, -0.15) is 5.26 Å². The van der Waals surface area contributed by atoms with E-state index >= 15 is 0 Å². The molecule has 0 spiro atoms. The maximum Gasteiger partial charge on any atom is 0.327 e. The number of fused-ring (bicyclic) bond motifs is 1. The van der Waals surface area contributed by atoms with E-state index in [1.807, 2.05) is 31.2 Å². The van der Waals surface area contributed by atoms with Crippen LogP contribution in [0.1, 0.15) is 5.56 Å². The van der Waals surface area contributed by atoms with Crippen LogP contribution >= 0.6 is 0 Å². The molecule has 1 heterocycles. The van der Waals surface area contributed by atoms with E-state index in [0.29, 0.717) is 0 Å². The first-order valence-corrected chi connectivity index (χ1v) is 4.28. The first-order chi connectivity index (χ1) is 6.72. The standard InChI is InChI=1S/C10H9N3O/c1-7-2-3-8-9(6-7)13(5-4-11)10(14)12-8/h2-3,6H,5H2,1H3,(H,12,14). The minimum Gasteiger partial charge on any atom is -0.306 e. The molecule has 70 valence electrons. The molecule has 0 unspecified atom stereocenters. The molecule has 2 rings (SSSR count). The Morgan fingerprint density at radius 2 is 2.36 bits per heavy atom. The lowest BCUT2D eigenvalue weighted by atomic mass is 10.2. The Balaban J connectivity index is 2.81. The molecule has 0 bridgehead atoms. The Morgan fingerprint density at radius 3 is 3.07 bits per heavy atom. The van der Waals surface area contributed by atoms with Crippen molar-refractivity contribution in [2.24, 2.45) is 0 Å². The van der Waals surface area contributed by atoms with E-state index in [9.17, 15) is 4.79 Å². The van der Waals surface area contributed by atoms with Gasteiger partial charge in [0.25, 0.3) is 0 Å². The van der Waals surface area contributed by atoms with E-state index in [0.717, 1.165) is 16.6 Å². The second kappa shape index (κ2) is 3.04. The summed E-state index contributed by atoms with van der Waals surface area (Å²) in [6.07, 6.45) is 0. The van der Waals surface area contributed by atoms with Gasteiger partial charge in [-0.15, -0.1) is 0 Å². The van der Waals surface area contributed by atoms with Crippen molar-refractivity contribution < 1.29 is 0 Å². The third-order valence-corrected chi connectivity index (χ3v) is 2.16. The summed E-state index contributed by atoms with van der Waals surface area (Å²) in [6.45, 7) is 2.04. The van der Waals surface area contributed by atoms with Crippen LogP contribution in [0.25, 0.3) is 11.0 Å². The van der Waals surface area contributed by atoms with Gasteiger partial charge in [0.1, 0.15) is 6.54 Å². The average Bonchev–Trinajstić information content (AvgIpc) is 2.45. The summed E-state index contributed by atoms with van der Waals surface area (Å²) in [4.78, 5) is 14.1. The van der Waals surface area contributed by atoms with Gasteiger partial charge >= 0.3 is 5.69 Å². The highest BCUT2D eigenvalue weighted by molar-refractivity contribution is 5.76. The van der Waals surface area contributed by atoms with Crippen molar-refractivity contribution in [1.29, 1.82) is 5.26 Å². The number of hydrogen-bond donors (Lipinski definition) is 1. The first kappa shape index (κ1) is 8.57. The van der Waals surface area contributed by atoms with Crippen LogP contribution in [0.15, 0.2) is 23.0 Å². The minimum absolute atomic E-state index is 0.0856. The van der Waals surface area contributed by atoms with Crippen molar-refractivity contribution >= 4 is 11.0 Å². The number of aromatic nitrogens is 2. The number of aromatic amines is 1. The smallest absolute Gasteiger partial charge is 0.306 e. The molecule has 1 N–H and O–H groups in total. The summed E-state index contributed by atoms with van der Waals surface area (Å²) in [7, 11) is 0. The Hall–Kier alpha value is -2.02. The van der Waals surface area contributed by atoms with Crippen LogP contribution in [0.3, 0.4) is 0 Å². The van der Waals surface area contributed by atoms with Crippen molar-refractivity contribution in [3.63, 3.8) is 0 Å². The van der Waals surface area contributed by atoms with Gasteiger partial charge in [-0.25, -0.2) is 4.79 Å². The summed E-state index contributed by atoms with van der Waals surface area (Å²) in [5.74, 6) is 0. The number of aryl methyl sites for hydroxylation is 1. The molecule has 0 amide bonds. The number of H-pyrrole nitrogens is 1. The van der Waals surface area contributed by atoms with Crippen LogP contribution in [0, 0.1) is 18.3 Å². The van der Waals surface area contributed by atoms with Crippen LogP contribution in [0.5, 0.6) is 0 Å². The van der Waals surface area contributed by atoms with Gasteiger partial charge in [-0.05, 0) is 24.6 Å². The van der Waals surface area contributed by atoms with Crippen molar-refractivity contribution in [1.82, 2.24) is 9.55 Å². The number of rotatable bonds is 1. The second-order valence-electron chi connectivity index (χ2n) is 3.20. The third kappa shape index (κ3) is 1.19. The molecule has 0 aliphatic rings. The molecule has 2 aromatic rings. The number of nitrogens with one attached hydrogen (secondary N) is 1. The van der Waals surface area contributed by atoms with Gasteiger partial charge in [0.15, 0.2) is 0 Å². The Kier molecular flexibility index (Phi) is 1.86. The largest absolute Gasteiger partial charge is 0.327 e. The van der Waals surface area contributed by atoms with E-state index in [1.54, 1.807) is 0 Å². The highest BCUT2D eigenvalue weighted by atomic mass is 16.1. The van der Waals surface area contributed by atoms with E-state index in [1.165, 1.54) is 4.57 Å². The van der Waals surface area contributed by atoms with Crippen LogP contribution in [-0.4, -0.2) is 9.55 Å². The summed E-state index contributed by atoms with van der Waals surface area (Å²) in [5.41, 5.74) is 2.41. The first-order valence-electron chi connectivity index (χ1n) is 4.28. The van der Waals surface area contributed by atoms with Crippen LogP contribution in [-0.2, 0) is 6.54 Å². The third-order valence-electron chi connectivity index (χ3n) is 2.16. The van der Waals surface area contributed by atoms with Crippen molar-refractivity contribution in [2.75, 3.05) is 0 Å². The highest BCUT2D eigenvalue weighted by Gasteiger charge is 2.05. The maximum absolute atomic E-state index is 11.4. The molecule has 0 aliphatic carbocycles. The van der Waals surface area contributed by atoms with Crippen molar-refractivity contribution in [3.05, 3.63) is 34.2 Å². The van der Waals surface area contributed by atoms with Crippen molar-refractivity contribution in [3.8, 4) is 6.07 Å². The van der Waals surface area contributed by atoms with Gasteiger partial charge in [0.2, 0.25) is 0 Å². The zero-order chi connectivity index (χ0) is 10.1. The van der Waals surface area contributed by atoms with Gasteiger partial charge in [-0.3, -0.25) is 4.57 Å². The summed E-state index contributed by atoms with van der Waals surface area (Å²) < 4.78 is 1.43. The fourth-order valence-corrected chi connectivity index (χ4v) is 1.49. The Morgan fingerprint density at radius 1 is 1.57 bits per heavy atom. The summed E-state index contributed by atoms with van der Waals surface area (Å²) in [6, 6.07) is 7.63. The monoisotopic (exact) mass is 187 g/mol. The van der Waals surface area contributed by atoms with Crippen LogP contribution in [0.4, 0.5) is 0 Å². The number of nitrogens with zero attached hydrogens (tertiary/aromatic N) is 2. The number of hydrogen-bond acceptors (Lipinski definition) is 2. The SMILES string of the molecule is Cc1ccc2[nH]c(=O)n(CC#N)c2c1. The lowest BCUT2D eigenvalue weighted by Crippen LogP contribution is -2.15. The molecule has 0 atom stereocenters. The molecular formula is C10H9N3O. The van der Waals surface area contributed by atoms with Gasteiger partial charge in [0, 0.05) is 0 Å². The molecule has 0 saturated heterocycles. The Labute approximate surface area is 80.4 Å². The number of imidazole rings is 1. The van der Waals surface area contributed by atoms with Gasteiger partial charge < -0.3 is 4.98 Å². The van der Waals surface area contributed by atoms with E-state index in [4.69, 9.17) is 5.26 Å². The fourth-order valence-electron chi connectivity index (χ4n) is 1.49. The lowest BCUT2D eigenvalue weighted by molar-refractivity contribution is 0.817. The molecule has 0 radical (unpaired) electrons.